The number of anilines is 1. The number of halogens is 1. The molecule has 1 saturated heterocycles. The zero-order valence-corrected chi connectivity index (χ0v) is 30.0. The lowest BCUT2D eigenvalue weighted by molar-refractivity contribution is 0.0193. The summed E-state index contributed by atoms with van der Waals surface area (Å²) in [6.45, 7) is 6.27. The number of aromatic hydroxyl groups is 1. The van der Waals surface area contributed by atoms with Crippen LogP contribution in [-0.4, -0.2) is 70.2 Å². The lowest BCUT2D eigenvalue weighted by Gasteiger charge is -2.40. The Balaban J connectivity index is 1.26. The van der Waals surface area contributed by atoms with Gasteiger partial charge in [0, 0.05) is 72.5 Å². The Morgan fingerprint density at radius 3 is 2.40 bits per heavy atom. The lowest BCUT2D eigenvalue weighted by Crippen LogP contribution is -2.52. The van der Waals surface area contributed by atoms with E-state index in [1.165, 1.54) is 17.7 Å². The van der Waals surface area contributed by atoms with Crippen LogP contribution in [0.15, 0.2) is 97.1 Å². The molecule has 3 heterocycles. The van der Waals surface area contributed by atoms with Crippen molar-refractivity contribution in [1.29, 1.82) is 5.26 Å². The average molecular weight is 714 g/mol. The largest absolute Gasteiger partial charge is 0.508 e. The second kappa shape index (κ2) is 15.1. The number of amides is 2. The topological polar surface area (TPSA) is 102 Å². The number of nitriles is 1. The summed E-state index contributed by atoms with van der Waals surface area (Å²) in [5.41, 5.74) is 7.09. The first-order valence-corrected chi connectivity index (χ1v) is 17.8. The minimum Gasteiger partial charge on any atom is -0.508 e. The summed E-state index contributed by atoms with van der Waals surface area (Å²) in [6, 6.07) is 31.3. The third-order valence-corrected chi connectivity index (χ3v) is 10.6. The van der Waals surface area contributed by atoms with Gasteiger partial charge >= 0.3 is 0 Å². The van der Waals surface area contributed by atoms with Crippen molar-refractivity contribution in [2.75, 3.05) is 37.7 Å². The predicted octanol–water partition coefficient (Wildman–Crippen LogP) is 6.98. The molecule has 52 heavy (non-hydrogen) atoms. The lowest BCUT2D eigenvalue weighted by atomic mass is 9.92. The summed E-state index contributed by atoms with van der Waals surface area (Å²) in [7, 11) is 1.88. The van der Waals surface area contributed by atoms with E-state index >= 15 is 0 Å². The van der Waals surface area contributed by atoms with Gasteiger partial charge in [-0.1, -0.05) is 54.1 Å². The van der Waals surface area contributed by atoms with Gasteiger partial charge in [-0.2, -0.15) is 5.26 Å². The molecule has 0 spiro atoms. The van der Waals surface area contributed by atoms with Gasteiger partial charge in [-0.25, -0.2) is 0 Å². The molecule has 10 heteroatoms. The highest BCUT2D eigenvalue weighted by Gasteiger charge is 2.34. The van der Waals surface area contributed by atoms with Gasteiger partial charge in [-0.3, -0.25) is 14.5 Å². The second-order valence-electron chi connectivity index (χ2n) is 13.4. The van der Waals surface area contributed by atoms with Crippen LogP contribution in [0.4, 0.5) is 5.69 Å². The van der Waals surface area contributed by atoms with Gasteiger partial charge in [-0.15, -0.1) is 0 Å². The number of phenolic OH excluding ortho intramolecular Hbond substituents is 1. The number of hydrogen-bond acceptors (Lipinski definition) is 6. The van der Waals surface area contributed by atoms with Crippen molar-refractivity contribution < 1.29 is 19.4 Å². The van der Waals surface area contributed by atoms with Crippen LogP contribution in [0.3, 0.4) is 0 Å². The fraction of sp³-hybridized carbons (Fsp3) is 0.262. The van der Waals surface area contributed by atoms with Crippen LogP contribution in [0.5, 0.6) is 5.75 Å². The summed E-state index contributed by atoms with van der Waals surface area (Å²) in [5, 5.41) is 20.3. The number of phenols is 1. The van der Waals surface area contributed by atoms with Gasteiger partial charge in [0.25, 0.3) is 11.8 Å². The molecule has 1 fully saturated rings. The molecule has 5 aromatic rings. The Bertz CT molecular complexity index is 2170. The van der Waals surface area contributed by atoms with Crippen molar-refractivity contribution in [3.63, 3.8) is 0 Å². The molecule has 0 saturated carbocycles. The van der Waals surface area contributed by atoms with Crippen LogP contribution in [0.2, 0.25) is 5.02 Å². The number of carbonyl (C=O) groups is 2. The van der Waals surface area contributed by atoms with Gasteiger partial charge in [-0.05, 0) is 84.6 Å². The molecule has 2 amide bonds. The molecule has 2 aliphatic rings. The van der Waals surface area contributed by atoms with Gasteiger partial charge in [0.2, 0.25) is 0 Å². The minimum absolute atomic E-state index is 0.0357. The highest BCUT2D eigenvalue weighted by molar-refractivity contribution is 6.31. The maximum atomic E-state index is 14.8. The predicted molar refractivity (Wildman–Crippen MR) is 201 cm³/mol. The number of carbonyl (C=O) groups excluding carboxylic acids is 2. The standard InChI is InChI=1S/C42H40ClN5O4/c1-28-38(42(51)47(34-12-14-36(49)15-13-34)26-32-10-6-4-8-30(32)24-44)23-40(45(28)2)39-22-33(43)11-16-37(39)41(50)48-25-31-9-5-3-7-29(31)21-35(48)27-46-17-19-52-20-18-46/h3-16,22-23,35,49H,17-21,25-27H2,1-2H3/t35-/m0/s1. The maximum Gasteiger partial charge on any atom is 0.260 e. The minimum atomic E-state index is -0.286. The Hall–Kier alpha value is -5.40. The van der Waals surface area contributed by atoms with Crippen LogP contribution in [0, 0.1) is 18.3 Å². The van der Waals surface area contributed by atoms with Gasteiger partial charge in [0.05, 0.1) is 37.0 Å². The molecule has 264 valence electrons. The SMILES string of the molecule is Cc1c(C(=O)N(Cc2ccccc2C#N)c2ccc(O)cc2)cc(-c2cc(Cl)ccc2C(=O)N2Cc3ccccc3C[C@H]2CN2CCOCC2)n1C. The number of aromatic nitrogens is 1. The monoisotopic (exact) mass is 713 g/mol. The number of benzene rings is 4. The molecule has 0 bridgehead atoms. The van der Waals surface area contributed by atoms with Crippen LogP contribution >= 0.6 is 11.6 Å². The molecule has 9 nitrogen and oxygen atoms in total. The van der Waals surface area contributed by atoms with Crippen molar-refractivity contribution in [2.24, 2.45) is 7.05 Å². The first kappa shape index (κ1) is 35.0. The molecule has 1 N–H and O–H groups in total. The number of ether oxygens (including phenoxy) is 1. The number of rotatable bonds is 8. The maximum absolute atomic E-state index is 14.8. The third-order valence-electron chi connectivity index (χ3n) is 10.3. The zero-order valence-electron chi connectivity index (χ0n) is 29.3. The van der Waals surface area contributed by atoms with E-state index in [0.29, 0.717) is 69.7 Å². The van der Waals surface area contributed by atoms with E-state index in [9.17, 15) is 20.0 Å². The van der Waals surface area contributed by atoms with Gasteiger partial charge in [0.1, 0.15) is 5.75 Å². The molecule has 7 rings (SSSR count). The molecule has 1 aromatic heterocycles. The third kappa shape index (κ3) is 7.06. The van der Waals surface area contributed by atoms with Crippen molar-refractivity contribution in [2.45, 2.75) is 32.5 Å². The van der Waals surface area contributed by atoms with Gasteiger partial charge < -0.3 is 24.2 Å². The fourth-order valence-corrected chi connectivity index (χ4v) is 7.48. The smallest absolute Gasteiger partial charge is 0.260 e. The Morgan fingerprint density at radius 2 is 1.65 bits per heavy atom. The quantitative estimate of drug-likeness (QED) is 0.186. The van der Waals surface area contributed by atoms with Crippen LogP contribution in [0.1, 0.15) is 48.7 Å². The summed E-state index contributed by atoms with van der Waals surface area (Å²) in [5.74, 6) is -0.301. The molecule has 0 radical (unpaired) electrons. The van der Waals surface area contributed by atoms with E-state index in [4.69, 9.17) is 16.3 Å². The Labute approximate surface area is 308 Å². The second-order valence-corrected chi connectivity index (χ2v) is 13.9. The highest BCUT2D eigenvalue weighted by Crippen LogP contribution is 2.35. The Morgan fingerprint density at radius 1 is 0.942 bits per heavy atom. The molecule has 4 aromatic carbocycles. The molecule has 0 unspecified atom stereocenters. The average Bonchev–Trinajstić information content (AvgIpc) is 3.47. The fourth-order valence-electron chi connectivity index (χ4n) is 7.31. The van der Waals surface area contributed by atoms with E-state index < -0.39 is 0 Å². The molecular weight excluding hydrogens is 674 g/mol. The summed E-state index contributed by atoms with van der Waals surface area (Å²) >= 11 is 6.63. The van der Waals surface area contributed by atoms with Crippen molar-refractivity contribution in [3.8, 4) is 23.1 Å². The summed E-state index contributed by atoms with van der Waals surface area (Å²) in [4.78, 5) is 35.4. The zero-order chi connectivity index (χ0) is 36.4. The number of hydrogen-bond donors (Lipinski definition) is 1. The van der Waals surface area contributed by atoms with E-state index in [1.54, 1.807) is 47.4 Å². The van der Waals surface area contributed by atoms with Crippen molar-refractivity contribution >= 4 is 29.1 Å². The van der Waals surface area contributed by atoms with Crippen LogP contribution in [0.25, 0.3) is 11.3 Å². The van der Waals surface area contributed by atoms with Crippen LogP contribution in [-0.2, 0) is 31.3 Å². The Kier molecular flexibility index (Phi) is 10.1. The molecule has 2 aliphatic heterocycles. The first-order chi connectivity index (χ1) is 25.2. The number of nitrogens with zero attached hydrogens (tertiary/aromatic N) is 5. The number of morpholine rings is 1. The first-order valence-electron chi connectivity index (χ1n) is 17.4. The van der Waals surface area contributed by atoms with E-state index in [1.807, 2.05) is 47.7 Å². The molecule has 0 aliphatic carbocycles. The molecular formula is C42H40ClN5O4. The summed E-state index contributed by atoms with van der Waals surface area (Å²) < 4.78 is 7.52. The van der Waals surface area contributed by atoms with Crippen LogP contribution < -0.4 is 4.90 Å². The highest BCUT2D eigenvalue weighted by atomic mass is 35.5. The van der Waals surface area contributed by atoms with Gasteiger partial charge in [0.15, 0.2) is 0 Å². The number of fused-ring (bicyclic) bond motifs is 1. The van der Waals surface area contributed by atoms with E-state index in [0.717, 1.165) is 31.6 Å². The van der Waals surface area contributed by atoms with E-state index in [-0.39, 0.29) is 30.2 Å². The summed E-state index contributed by atoms with van der Waals surface area (Å²) in [6.07, 6.45) is 0.756. The van der Waals surface area contributed by atoms with Crippen molar-refractivity contribution in [3.05, 3.63) is 141 Å². The van der Waals surface area contributed by atoms with Crippen molar-refractivity contribution in [1.82, 2.24) is 14.4 Å². The van der Waals surface area contributed by atoms with E-state index in [2.05, 4.69) is 29.2 Å². The molecule has 1 atom stereocenters. The normalized spacial score (nSPS) is 15.9.